The Morgan fingerprint density at radius 2 is 2.24 bits per heavy atom. The molecule has 0 aliphatic heterocycles. The number of hydrazine groups is 1. The van der Waals surface area contributed by atoms with Gasteiger partial charge in [0.05, 0.1) is 5.70 Å². The van der Waals surface area contributed by atoms with Gasteiger partial charge in [0.1, 0.15) is 12.4 Å². The Balaban J connectivity index is 2.55. The minimum atomic E-state index is 0.480. The van der Waals surface area contributed by atoms with E-state index in [4.69, 9.17) is 16.3 Å². The summed E-state index contributed by atoms with van der Waals surface area (Å²) in [7, 11) is 0. The van der Waals surface area contributed by atoms with Gasteiger partial charge in [-0.2, -0.15) is 0 Å². The van der Waals surface area contributed by atoms with Crippen LogP contribution in [-0.4, -0.2) is 6.61 Å². The van der Waals surface area contributed by atoms with Crippen LogP contribution in [0.1, 0.15) is 12.5 Å². The van der Waals surface area contributed by atoms with Gasteiger partial charge in [-0.1, -0.05) is 12.1 Å². The van der Waals surface area contributed by atoms with Gasteiger partial charge in [-0.15, -0.1) is 0 Å². The molecule has 0 saturated heterocycles. The molecule has 1 aromatic carbocycles. The molecule has 4 heteroatoms. The maximum absolute atomic E-state index is 5.58. The molecule has 0 aliphatic rings. The van der Waals surface area contributed by atoms with Gasteiger partial charge in [-0.25, -0.2) is 0 Å². The monoisotopic (exact) mass is 233 g/mol. The molecule has 4 nitrogen and oxygen atoms in total. The lowest BCUT2D eigenvalue weighted by atomic mass is 10.2. The summed E-state index contributed by atoms with van der Waals surface area (Å²) in [5, 5.41) is 0. The van der Waals surface area contributed by atoms with E-state index in [-0.39, 0.29) is 0 Å². The van der Waals surface area contributed by atoms with Crippen LogP contribution in [0.3, 0.4) is 0 Å². The van der Waals surface area contributed by atoms with E-state index in [0.29, 0.717) is 12.3 Å². The van der Waals surface area contributed by atoms with Crippen molar-refractivity contribution in [2.75, 3.05) is 6.61 Å². The van der Waals surface area contributed by atoms with E-state index in [2.05, 4.69) is 5.43 Å². The first-order chi connectivity index (χ1) is 8.17. The van der Waals surface area contributed by atoms with Crippen molar-refractivity contribution in [1.29, 1.82) is 0 Å². The largest absolute Gasteiger partial charge is 0.490 e. The standard InChI is InChI=1S/C13H19N3O/c1-10-4-3-5-12(8-10)17-7-6-11(2)13(9-14)16-15/h3-6,8-9,16H,7,14-15H2,1-2H3/b11-6-,13-9+. The van der Waals surface area contributed by atoms with Gasteiger partial charge >= 0.3 is 0 Å². The van der Waals surface area contributed by atoms with Crippen LogP contribution in [0.2, 0.25) is 0 Å². The third-order valence-electron chi connectivity index (χ3n) is 2.38. The molecule has 0 unspecified atom stereocenters. The fourth-order valence-electron chi connectivity index (χ4n) is 1.37. The number of hydrogen-bond donors (Lipinski definition) is 3. The smallest absolute Gasteiger partial charge is 0.120 e. The second-order valence-corrected chi connectivity index (χ2v) is 3.74. The molecule has 0 heterocycles. The lowest BCUT2D eigenvalue weighted by molar-refractivity contribution is 0.362. The molecule has 0 aliphatic carbocycles. The highest BCUT2D eigenvalue weighted by Crippen LogP contribution is 2.12. The predicted molar refractivity (Wildman–Crippen MR) is 70.0 cm³/mol. The third kappa shape index (κ3) is 4.20. The second-order valence-electron chi connectivity index (χ2n) is 3.74. The predicted octanol–water partition coefficient (Wildman–Crippen LogP) is 1.58. The van der Waals surface area contributed by atoms with Crippen molar-refractivity contribution in [3.05, 3.63) is 53.4 Å². The maximum Gasteiger partial charge on any atom is 0.120 e. The highest BCUT2D eigenvalue weighted by molar-refractivity contribution is 5.29. The summed E-state index contributed by atoms with van der Waals surface area (Å²) in [6, 6.07) is 7.91. The van der Waals surface area contributed by atoms with Gasteiger partial charge in [-0.05, 0) is 43.2 Å². The Kier molecular flexibility index (Phi) is 5.10. The molecule has 0 spiro atoms. The molecular weight excluding hydrogens is 214 g/mol. The van der Waals surface area contributed by atoms with Gasteiger partial charge in [0.2, 0.25) is 0 Å². The van der Waals surface area contributed by atoms with E-state index >= 15 is 0 Å². The SMILES string of the molecule is CC(=C/COc1cccc(C)c1)/C(=C\N)NN. The summed E-state index contributed by atoms with van der Waals surface area (Å²) in [5.74, 6) is 6.16. The Labute approximate surface area is 102 Å². The van der Waals surface area contributed by atoms with Crippen LogP contribution >= 0.6 is 0 Å². The Morgan fingerprint density at radius 1 is 1.47 bits per heavy atom. The first-order valence-corrected chi connectivity index (χ1v) is 5.42. The zero-order chi connectivity index (χ0) is 12.7. The fourth-order valence-corrected chi connectivity index (χ4v) is 1.37. The van der Waals surface area contributed by atoms with Gasteiger partial charge in [0.25, 0.3) is 0 Å². The molecule has 0 fully saturated rings. The minimum Gasteiger partial charge on any atom is -0.490 e. The lowest BCUT2D eigenvalue weighted by Gasteiger charge is -2.07. The zero-order valence-electron chi connectivity index (χ0n) is 10.2. The van der Waals surface area contributed by atoms with Crippen molar-refractivity contribution < 1.29 is 4.74 Å². The summed E-state index contributed by atoms with van der Waals surface area (Å²) < 4.78 is 5.58. The van der Waals surface area contributed by atoms with Crippen molar-refractivity contribution >= 4 is 0 Å². The van der Waals surface area contributed by atoms with Crippen molar-refractivity contribution in [1.82, 2.24) is 5.43 Å². The molecule has 5 N–H and O–H groups in total. The van der Waals surface area contributed by atoms with Crippen molar-refractivity contribution in [3.63, 3.8) is 0 Å². The summed E-state index contributed by atoms with van der Waals surface area (Å²) >= 11 is 0. The van der Waals surface area contributed by atoms with Crippen LogP contribution in [-0.2, 0) is 0 Å². The van der Waals surface area contributed by atoms with Crippen molar-refractivity contribution in [3.8, 4) is 5.75 Å². The number of nitrogens with two attached hydrogens (primary N) is 2. The summed E-state index contributed by atoms with van der Waals surface area (Å²) in [4.78, 5) is 0. The average Bonchev–Trinajstić information content (AvgIpc) is 2.30. The van der Waals surface area contributed by atoms with Gasteiger partial charge in [0.15, 0.2) is 0 Å². The molecule has 1 aromatic rings. The van der Waals surface area contributed by atoms with Crippen LogP contribution < -0.4 is 21.7 Å². The van der Waals surface area contributed by atoms with E-state index in [9.17, 15) is 0 Å². The van der Waals surface area contributed by atoms with Crippen molar-refractivity contribution in [2.24, 2.45) is 11.6 Å². The summed E-state index contributed by atoms with van der Waals surface area (Å²) in [6.45, 7) is 4.42. The van der Waals surface area contributed by atoms with Crippen molar-refractivity contribution in [2.45, 2.75) is 13.8 Å². The quantitative estimate of drug-likeness (QED) is 0.410. The molecule has 0 amide bonds. The van der Waals surface area contributed by atoms with Gasteiger partial charge < -0.3 is 15.9 Å². The van der Waals surface area contributed by atoms with Gasteiger partial charge in [-0.3, -0.25) is 5.84 Å². The van der Waals surface area contributed by atoms with Crippen LogP contribution in [0.25, 0.3) is 0 Å². The molecular formula is C13H19N3O. The van der Waals surface area contributed by atoms with Gasteiger partial charge in [0, 0.05) is 6.20 Å². The van der Waals surface area contributed by atoms with E-state index < -0.39 is 0 Å². The number of benzene rings is 1. The highest BCUT2D eigenvalue weighted by Gasteiger charge is 1.96. The molecule has 17 heavy (non-hydrogen) atoms. The van der Waals surface area contributed by atoms with Crippen LogP contribution in [0.4, 0.5) is 0 Å². The van der Waals surface area contributed by atoms with Crippen LogP contribution in [0.15, 0.2) is 47.8 Å². The molecule has 0 saturated carbocycles. The number of allylic oxidation sites excluding steroid dienone is 1. The summed E-state index contributed by atoms with van der Waals surface area (Å²) in [6.07, 6.45) is 3.35. The van der Waals surface area contributed by atoms with Crippen LogP contribution in [0.5, 0.6) is 5.75 Å². The molecule has 0 bridgehead atoms. The number of hydrogen-bond acceptors (Lipinski definition) is 4. The fraction of sp³-hybridized carbons (Fsp3) is 0.231. The second kappa shape index (κ2) is 6.60. The number of nitrogens with one attached hydrogen (secondary N) is 1. The average molecular weight is 233 g/mol. The maximum atomic E-state index is 5.58. The molecule has 0 radical (unpaired) electrons. The van der Waals surface area contributed by atoms with E-state index in [1.807, 2.05) is 44.2 Å². The normalized spacial score (nSPS) is 12.4. The first kappa shape index (κ1) is 13.1. The van der Waals surface area contributed by atoms with E-state index in [1.165, 1.54) is 11.8 Å². The Morgan fingerprint density at radius 3 is 2.82 bits per heavy atom. The molecule has 0 aromatic heterocycles. The molecule has 1 rings (SSSR count). The topological polar surface area (TPSA) is 73.3 Å². The number of ether oxygens (including phenoxy) is 1. The molecule has 0 atom stereocenters. The van der Waals surface area contributed by atoms with E-state index in [0.717, 1.165) is 11.3 Å². The minimum absolute atomic E-state index is 0.480. The van der Waals surface area contributed by atoms with E-state index in [1.54, 1.807) is 0 Å². The Hall–Kier alpha value is -1.94. The summed E-state index contributed by atoms with van der Waals surface area (Å²) in [5.41, 5.74) is 10.7. The number of rotatable bonds is 5. The first-order valence-electron chi connectivity index (χ1n) is 5.42. The Bertz CT molecular complexity index is 424. The van der Waals surface area contributed by atoms with Crippen LogP contribution in [0, 0.1) is 6.92 Å². The number of aryl methyl sites for hydroxylation is 1. The highest BCUT2D eigenvalue weighted by atomic mass is 16.5. The molecule has 92 valence electrons. The third-order valence-corrected chi connectivity index (χ3v) is 2.38. The lowest BCUT2D eigenvalue weighted by Crippen LogP contribution is -2.23. The zero-order valence-corrected chi connectivity index (χ0v) is 10.2.